The molecule has 0 bridgehead atoms. The Kier molecular flexibility index (Phi) is 9.41. The quantitative estimate of drug-likeness (QED) is 0.345. The fraction of sp³-hybridized carbons (Fsp3) is 0.419. The van der Waals surface area contributed by atoms with E-state index in [0.717, 1.165) is 22.2 Å². The number of methoxy groups -OCH3 is 1. The van der Waals surface area contributed by atoms with E-state index >= 15 is 0 Å². The smallest absolute Gasteiger partial charge is 0.303 e. The van der Waals surface area contributed by atoms with Crippen LogP contribution in [-0.2, 0) is 4.79 Å². The first-order valence-corrected chi connectivity index (χ1v) is 13.4. The molecule has 0 saturated carbocycles. The van der Waals surface area contributed by atoms with Crippen LogP contribution in [0, 0.1) is 34.7 Å². The number of fused-ring (bicyclic) bond motifs is 1. The van der Waals surface area contributed by atoms with E-state index in [9.17, 15) is 28.2 Å². The molecule has 1 aliphatic rings. The van der Waals surface area contributed by atoms with Crippen LogP contribution >= 0.6 is 0 Å². The van der Waals surface area contributed by atoms with Gasteiger partial charge in [0.1, 0.15) is 23.2 Å². The highest BCUT2D eigenvalue weighted by molar-refractivity contribution is 5.88. The third-order valence-electron chi connectivity index (χ3n) is 7.82. The fourth-order valence-corrected chi connectivity index (χ4v) is 5.53. The van der Waals surface area contributed by atoms with Crippen LogP contribution in [0.1, 0.15) is 49.3 Å². The topological polar surface area (TPSA) is 86.1 Å². The molecule has 0 spiro atoms. The SMILES string of the molecule is COc1ccc2ncc(N(C)C)c([C@H](O)CCC3(CC(=O)O)CCN(CC#Cc4c(F)cc(F)cc4F)CC3)c2c1. The Bertz CT molecular complexity index is 1450. The average molecular weight is 570 g/mol. The van der Waals surface area contributed by atoms with Gasteiger partial charge in [0.2, 0.25) is 0 Å². The zero-order valence-electron chi connectivity index (χ0n) is 23.4. The molecular formula is C31H34F3N3O4. The van der Waals surface area contributed by atoms with Crippen molar-refractivity contribution in [3.05, 3.63) is 65.1 Å². The van der Waals surface area contributed by atoms with E-state index in [1.807, 2.05) is 42.1 Å². The van der Waals surface area contributed by atoms with E-state index in [0.29, 0.717) is 56.7 Å². The van der Waals surface area contributed by atoms with Gasteiger partial charge in [0, 0.05) is 37.2 Å². The van der Waals surface area contributed by atoms with Crippen molar-refractivity contribution >= 4 is 22.6 Å². The maximum absolute atomic E-state index is 13.9. The lowest BCUT2D eigenvalue weighted by Gasteiger charge is -2.41. The molecule has 0 unspecified atom stereocenters. The number of aliphatic hydroxyl groups is 1. The standard InChI is InChI=1S/C31H34F3N3O4/c1-36(2)27-19-35-26-7-6-21(41-3)17-23(26)30(27)28(38)8-9-31(18-29(39)40)10-13-37(14-11-31)12-4-5-22-24(33)15-20(32)16-25(22)34/h6-7,15-17,19,28,38H,8-14,18H2,1-3H3,(H,39,40)/t28-/m1/s1. The number of aliphatic carboxylic acids is 1. The second-order valence-electron chi connectivity index (χ2n) is 10.8. The van der Waals surface area contributed by atoms with Crippen molar-refractivity contribution in [3.8, 4) is 17.6 Å². The maximum atomic E-state index is 13.9. The van der Waals surface area contributed by atoms with Gasteiger partial charge in [-0.25, -0.2) is 13.2 Å². The Morgan fingerprint density at radius 2 is 1.85 bits per heavy atom. The highest BCUT2D eigenvalue weighted by Crippen LogP contribution is 2.43. The molecule has 2 heterocycles. The van der Waals surface area contributed by atoms with Crippen molar-refractivity contribution in [3.63, 3.8) is 0 Å². The predicted octanol–water partition coefficient (Wildman–Crippen LogP) is 5.15. The molecule has 0 amide bonds. The van der Waals surface area contributed by atoms with Crippen LogP contribution in [0.15, 0.2) is 36.5 Å². The molecule has 1 aromatic heterocycles. The number of carboxylic acids is 1. The molecule has 10 heteroatoms. The molecule has 218 valence electrons. The largest absolute Gasteiger partial charge is 0.497 e. The van der Waals surface area contributed by atoms with E-state index in [2.05, 4.69) is 16.8 Å². The van der Waals surface area contributed by atoms with Gasteiger partial charge in [-0.15, -0.1) is 0 Å². The number of halogens is 3. The summed E-state index contributed by atoms with van der Waals surface area (Å²) >= 11 is 0. The molecule has 3 aromatic rings. The van der Waals surface area contributed by atoms with Gasteiger partial charge in [-0.2, -0.15) is 0 Å². The van der Waals surface area contributed by atoms with Crippen LogP contribution in [0.25, 0.3) is 10.9 Å². The number of aliphatic hydroxyl groups excluding tert-OH is 1. The molecule has 0 radical (unpaired) electrons. The molecule has 0 aliphatic carbocycles. The number of aromatic nitrogens is 1. The van der Waals surface area contributed by atoms with Gasteiger partial charge in [0.15, 0.2) is 0 Å². The van der Waals surface area contributed by atoms with Gasteiger partial charge < -0.3 is 19.8 Å². The second-order valence-corrected chi connectivity index (χ2v) is 10.8. The number of benzene rings is 2. The zero-order chi connectivity index (χ0) is 29.7. The summed E-state index contributed by atoms with van der Waals surface area (Å²) in [6, 6.07) is 6.69. The number of anilines is 1. The Morgan fingerprint density at radius 1 is 1.17 bits per heavy atom. The summed E-state index contributed by atoms with van der Waals surface area (Å²) in [5.74, 6) is 1.84. The minimum Gasteiger partial charge on any atom is -0.497 e. The van der Waals surface area contributed by atoms with Crippen molar-refractivity contribution < 1.29 is 32.9 Å². The summed E-state index contributed by atoms with van der Waals surface area (Å²) in [6.07, 6.45) is 2.82. The van der Waals surface area contributed by atoms with Crippen LogP contribution in [0.4, 0.5) is 18.9 Å². The number of likely N-dealkylation sites (tertiary alicyclic amines) is 1. The molecule has 1 fully saturated rings. The summed E-state index contributed by atoms with van der Waals surface area (Å²) < 4.78 is 46.3. The molecular weight excluding hydrogens is 535 g/mol. The molecule has 1 saturated heterocycles. The van der Waals surface area contributed by atoms with Gasteiger partial charge in [0.25, 0.3) is 0 Å². The molecule has 41 heavy (non-hydrogen) atoms. The van der Waals surface area contributed by atoms with Gasteiger partial charge in [-0.1, -0.05) is 11.8 Å². The van der Waals surface area contributed by atoms with Crippen LogP contribution in [0.5, 0.6) is 5.75 Å². The van der Waals surface area contributed by atoms with E-state index in [4.69, 9.17) is 4.74 Å². The number of hydrogen-bond donors (Lipinski definition) is 2. The van der Waals surface area contributed by atoms with Crippen molar-refractivity contribution in [2.75, 3.05) is 45.7 Å². The van der Waals surface area contributed by atoms with Crippen molar-refractivity contribution in [2.45, 2.75) is 38.2 Å². The third-order valence-corrected chi connectivity index (χ3v) is 7.82. The molecule has 1 atom stereocenters. The number of pyridine rings is 1. The highest BCUT2D eigenvalue weighted by Gasteiger charge is 2.37. The molecule has 7 nitrogen and oxygen atoms in total. The highest BCUT2D eigenvalue weighted by atomic mass is 19.1. The predicted molar refractivity (Wildman–Crippen MR) is 150 cm³/mol. The Hall–Kier alpha value is -3.81. The lowest BCUT2D eigenvalue weighted by atomic mass is 9.71. The number of piperidine rings is 1. The minimum atomic E-state index is -1.05. The van der Waals surface area contributed by atoms with Crippen molar-refractivity contribution in [1.29, 1.82) is 0 Å². The molecule has 4 rings (SSSR count). The normalized spacial score (nSPS) is 15.7. The summed E-state index contributed by atoms with van der Waals surface area (Å²) in [5.41, 5.74) is 1.21. The van der Waals surface area contributed by atoms with Crippen LogP contribution in [0.3, 0.4) is 0 Å². The molecule has 2 N–H and O–H groups in total. The maximum Gasteiger partial charge on any atom is 0.303 e. The number of nitrogens with zero attached hydrogens (tertiary/aromatic N) is 3. The summed E-state index contributed by atoms with van der Waals surface area (Å²) in [7, 11) is 5.33. The number of rotatable bonds is 9. The first-order chi connectivity index (χ1) is 19.5. The summed E-state index contributed by atoms with van der Waals surface area (Å²) in [6.45, 7) is 1.33. The number of carboxylic acid groups (broad SMARTS) is 1. The molecule has 2 aromatic carbocycles. The monoisotopic (exact) mass is 569 g/mol. The Morgan fingerprint density at radius 3 is 2.46 bits per heavy atom. The second kappa shape index (κ2) is 12.8. The first-order valence-electron chi connectivity index (χ1n) is 13.4. The van der Waals surface area contributed by atoms with Crippen LogP contribution in [0.2, 0.25) is 0 Å². The van der Waals surface area contributed by atoms with E-state index in [-0.39, 0.29) is 13.0 Å². The molecule has 1 aliphatic heterocycles. The third kappa shape index (κ3) is 7.10. The number of carbonyl (C=O) groups is 1. The lowest BCUT2D eigenvalue weighted by Crippen LogP contribution is -2.41. The Labute approximate surface area is 237 Å². The van der Waals surface area contributed by atoms with Gasteiger partial charge in [-0.05, 0) is 62.4 Å². The van der Waals surface area contributed by atoms with Crippen molar-refractivity contribution in [1.82, 2.24) is 9.88 Å². The summed E-state index contributed by atoms with van der Waals surface area (Å²) in [5, 5.41) is 22.0. The first kappa shape index (κ1) is 30.2. The van der Waals surface area contributed by atoms with Gasteiger partial charge >= 0.3 is 5.97 Å². The average Bonchev–Trinajstić information content (AvgIpc) is 2.92. The van der Waals surface area contributed by atoms with E-state index in [1.165, 1.54) is 0 Å². The number of hydrogen-bond acceptors (Lipinski definition) is 6. The van der Waals surface area contributed by atoms with Crippen LogP contribution < -0.4 is 9.64 Å². The van der Waals surface area contributed by atoms with E-state index in [1.54, 1.807) is 13.3 Å². The van der Waals surface area contributed by atoms with Gasteiger partial charge in [-0.3, -0.25) is 14.7 Å². The lowest BCUT2D eigenvalue weighted by molar-refractivity contribution is -0.141. The van der Waals surface area contributed by atoms with E-state index < -0.39 is 40.5 Å². The van der Waals surface area contributed by atoms with Crippen molar-refractivity contribution in [2.24, 2.45) is 5.41 Å². The van der Waals surface area contributed by atoms with Gasteiger partial charge in [0.05, 0.1) is 49.1 Å². The van der Waals surface area contributed by atoms with Crippen LogP contribution in [-0.4, -0.2) is 66.9 Å². The minimum absolute atomic E-state index is 0.0311. The number of ether oxygens (including phenoxy) is 1. The fourth-order valence-electron chi connectivity index (χ4n) is 5.53. The summed E-state index contributed by atoms with van der Waals surface area (Å²) in [4.78, 5) is 20.3. The zero-order valence-corrected chi connectivity index (χ0v) is 23.4. The Balaban J connectivity index is 1.48.